The molecule has 2 rings (SSSR count). The fourth-order valence-electron chi connectivity index (χ4n) is 2.47. The van der Waals surface area contributed by atoms with E-state index in [1.54, 1.807) is 6.07 Å². The normalized spacial score (nSPS) is 12.5. The highest BCUT2D eigenvalue weighted by molar-refractivity contribution is 5.31. The van der Waals surface area contributed by atoms with Crippen molar-refractivity contribution in [3.8, 4) is 5.75 Å². The topological polar surface area (TPSA) is 45.1 Å². The van der Waals surface area contributed by atoms with Crippen molar-refractivity contribution in [2.45, 2.75) is 32.7 Å². The van der Waals surface area contributed by atoms with Gasteiger partial charge in [0.2, 0.25) is 0 Å². The number of phenolic OH excluding ortho intramolecular Hbond substituents is 1. The lowest BCUT2D eigenvalue weighted by atomic mass is 10.00. The molecule has 2 aromatic rings. The summed E-state index contributed by atoms with van der Waals surface area (Å²) in [5, 5.41) is 13.4. The van der Waals surface area contributed by atoms with E-state index in [2.05, 4.69) is 30.2 Å². The van der Waals surface area contributed by atoms with Crippen LogP contribution in [0.2, 0.25) is 0 Å². The Hall–Kier alpha value is -1.87. The van der Waals surface area contributed by atoms with Crippen molar-refractivity contribution in [1.29, 1.82) is 0 Å². The van der Waals surface area contributed by atoms with E-state index in [1.807, 2.05) is 36.5 Å². The third-order valence-electron chi connectivity index (χ3n) is 3.53. The molecule has 0 unspecified atom stereocenters. The van der Waals surface area contributed by atoms with E-state index < -0.39 is 0 Å². The van der Waals surface area contributed by atoms with Gasteiger partial charge < -0.3 is 10.4 Å². The molecule has 2 N–H and O–H groups in total. The standard InChI is InChI=1S/C18H24N2O/c1-14(2)13-17(16-8-5-6-11-19-16)20-12-10-15-7-3-4-9-18(15)21/h3-9,11,14,17,20-21H,10,12-13H2,1-2H3/t17-/m1/s1. The number of phenols is 1. The highest BCUT2D eigenvalue weighted by Gasteiger charge is 2.13. The predicted octanol–water partition coefficient (Wildman–Crippen LogP) is 3.71. The van der Waals surface area contributed by atoms with Crippen LogP contribution < -0.4 is 5.32 Å². The number of hydrogen-bond donors (Lipinski definition) is 2. The van der Waals surface area contributed by atoms with Crippen molar-refractivity contribution in [1.82, 2.24) is 10.3 Å². The van der Waals surface area contributed by atoms with Crippen molar-refractivity contribution in [2.75, 3.05) is 6.54 Å². The van der Waals surface area contributed by atoms with Gasteiger partial charge in [0.05, 0.1) is 5.69 Å². The first-order chi connectivity index (χ1) is 10.2. The molecule has 0 fully saturated rings. The highest BCUT2D eigenvalue weighted by atomic mass is 16.3. The van der Waals surface area contributed by atoms with E-state index in [0.29, 0.717) is 11.7 Å². The van der Waals surface area contributed by atoms with Crippen LogP contribution in [0.3, 0.4) is 0 Å². The number of aromatic nitrogens is 1. The summed E-state index contributed by atoms with van der Waals surface area (Å²) in [5.41, 5.74) is 2.07. The Kier molecular flexibility index (Phi) is 5.76. The van der Waals surface area contributed by atoms with Crippen molar-refractivity contribution in [3.63, 3.8) is 0 Å². The molecule has 112 valence electrons. The molecule has 1 aromatic carbocycles. The van der Waals surface area contributed by atoms with Crippen molar-refractivity contribution >= 4 is 0 Å². The maximum Gasteiger partial charge on any atom is 0.118 e. The van der Waals surface area contributed by atoms with E-state index in [4.69, 9.17) is 0 Å². The van der Waals surface area contributed by atoms with Crippen molar-refractivity contribution in [2.24, 2.45) is 5.92 Å². The summed E-state index contributed by atoms with van der Waals surface area (Å²) in [6, 6.07) is 13.8. The summed E-state index contributed by atoms with van der Waals surface area (Å²) in [6.45, 7) is 5.27. The minimum atomic E-state index is 0.261. The molecule has 0 saturated carbocycles. The average Bonchev–Trinajstić information content (AvgIpc) is 2.49. The van der Waals surface area contributed by atoms with E-state index >= 15 is 0 Å². The van der Waals surface area contributed by atoms with Gasteiger partial charge in [-0.1, -0.05) is 38.1 Å². The average molecular weight is 284 g/mol. The van der Waals surface area contributed by atoms with Crippen LogP contribution in [0.15, 0.2) is 48.7 Å². The van der Waals surface area contributed by atoms with E-state index in [0.717, 1.165) is 30.6 Å². The largest absolute Gasteiger partial charge is 0.508 e. The fraction of sp³-hybridized carbons (Fsp3) is 0.389. The van der Waals surface area contributed by atoms with Crippen LogP contribution in [0.25, 0.3) is 0 Å². The van der Waals surface area contributed by atoms with Gasteiger partial charge in [-0.2, -0.15) is 0 Å². The van der Waals surface area contributed by atoms with Crippen LogP contribution in [0.4, 0.5) is 0 Å². The summed E-state index contributed by atoms with van der Waals surface area (Å²) < 4.78 is 0. The second-order valence-corrected chi connectivity index (χ2v) is 5.77. The van der Waals surface area contributed by atoms with Gasteiger partial charge >= 0.3 is 0 Å². The van der Waals surface area contributed by atoms with Gasteiger partial charge in [-0.05, 0) is 49.1 Å². The van der Waals surface area contributed by atoms with Crippen molar-refractivity contribution < 1.29 is 5.11 Å². The Morgan fingerprint density at radius 2 is 1.86 bits per heavy atom. The van der Waals surface area contributed by atoms with Crippen LogP contribution in [-0.4, -0.2) is 16.6 Å². The number of hydrogen-bond acceptors (Lipinski definition) is 3. The number of aromatic hydroxyl groups is 1. The monoisotopic (exact) mass is 284 g/mol. The zero-order chi connectivity index (χ0) is 15.1. The molecule has 0 spiro atoms. The van der Waals surface area contributed by atoms with Gasteiger partial charge in [-0.25, -0.2) is 0 Å². The van der Waals surface area contributed by atoms with Crippen LogP contribution in [0.5, 0.6) is 5.75 Å². The van der Waals surface area contributed by atoms with Gasteiger partial charge in [0, 0.05) is 12.2 Å². The van der Waals surface area contributed by atoms with Crippen LogP contribution >= 0.6 is 0 Å². The second kappa shape index (κ2) is 7.79. The zero-order valence-electron chi connectivity index (χ0n) is 12.8. The molecule has 3 heteroatoms. The molecular formula is C18H24N2O. The molecule has 0 bridgehead atoms. The minimum Gasteiger partial charge on any atom is -0.508 e. The molecule has 1 heterocycles. The molecule has 1 aromatic heterocycles. The first kappa shape index (κ1) is 15.5. The lowest BCUT2D eigenvalue weighted by molar-refractivity contribution is 0.421. The summed E-state index contributed by atoms with van der Waals surface area (Å²) in [7, 11) is 0. The van der Waals surface area contributed by atoms with E-state index in [1.165, 1.54) is 0 Å². The Morgan fingerprint density at radius 3 is 2.52 bits per heavy atom. The first-order valence-electron chi connectivity index (χ1n) is 7.58. The van der Waals surface area contributed by atoms with E-state index in [9.17, 15) is 5.11 Å². The number of pyridine rings is 1. The fourth-order valence-corrected chi connectivity index (χ4v) is 2.47. The van der Waals surface area contributed by atoms with Gasteiger partial charge in [0.15, 0.2) is 0 Å². The van der Waals surface area contributed by atoms with Crippen molar-refractivity contribution in [3.05, 3.63) is 59.9 Å². The first-order valence-corrected chi connectivity index (χ1v) is 7.58. The molecule has 0 saturated heterocycles. The molecule has 0 amide bonds. The summed E-state index contributed by atoms with van der Waals surface area (Å²) >= 11 is 0. The SMILES string of the molecule is CC(C)C[C@@H](NCCc1ccccc1O)c1ccccn1. The maximum atomic E-state index is 9.80. The van der Waals surface area contributed by atoms with Crippen LogP contribution in [0, 0.1) is 5.92 Å². The quantitative estimate of drug-likeness (QED) is 0.814. The Bertz CT molecular complexity index is 540. The molecule has 0 aliphatic heterocycles. The number of para-hydroxylation sites is 1. The van der Waals surface area contributed by atoms with E-state index in [-0.39, 0.29) is 6.04 Å². The second-order valence-electron chi connectivity index (χ2n) is 5.77. The number of benzene rings is 1. The molecule has 3 nitrogen and oxygen atoms in total. The molecule has 21 heavy (non-hydrogen) atoms. The molecular weight excluding hydrogens is 260 g/mol. The third-order valence-corrected chi connectivity index (χ3v) is 3.53. The Morgan fingerprint density at radius 1 is 1.10 bits per heavy atom. The van der Waals surface area contributed by atoms with Gasteiger partial charge in [0.1, 0.15) is 5.75 Å². The lowest BCUT2D eigenvalue weighted by Crippen LogP contribution is -2.25. The van der Waals surface area contributed by atoms with Gasteiger partial charge in [-0.15, -0.1) is 0 Å². The minimum absolute atomic E-state index is 0.261. The predicted molar refractivity (Wildman–Crippen MR) is 86.2 cm³/mol. The summed E-state index contributed by atoms with van der Waals surface area (Å²) in [4.78, 5) is 4.46. The summed E-state index contributed by atoms with van der Waals surface area (Å²) in [5.74, 6) is 0.979. The maximum absolute atomic E-state index is 9.80. The van der Waals surface area contributed by atoms with Crippen LogP contribution in [-0.2, 0) is 6.42 Å². The number of nitrogens with zero attached hydrogens (tertiary/aromatic N) is 1. The lowest BCUT2D eigenvalue weighted by Gasteiger charge is -2.20. The number of rotatable bonds is 7. The van der Waals surface area contributed by atoms with Crippen LogP contribution in [0.1, 0.15) is 37.6 Å². The highest BCUT2D eigenvalue weighted by Crippen LogP contribution is 2.20. The summed E-state index contributed by atoms with van der Waals surface area (Å²) in [6.07, 6.45) is 3.71. The molecule has 1 atom stereocenters. The third kappa shape index (κ3) is 4.87. The molecule has 0 radical (unpaired) electrons. The molecule has 0 aliphatic rings. The number of nitrogens with one attached hydrogen (secondary N) is 1. The smallest absolute Gasteiger partial charge is 0.118 e. The molecule has 0 aliphatic carbocycles. The zero-order valence-corrected chi connectivity index (χ0v) is 12.8. The Balaban J connectivity index is 1.95. The van der Waals surface area contributed by atoms with Gasteiger partial charge in [0.25, 0.3) is 0 Å². The Labute approximate surface area is 127 Å². The van der Waals surface area contributed by atoms with Gasteiger partial charge in [-0.3, -0.25) is 4.98 Å².